The van der Waals surface area contributed by atoms with Crippen molar-refractivity contribution in [2.24, 2.45) is 0 Å². The maximum atomic E-state index is 12.7. The monoisotopic (exact) mass is 377 g/mol. The first-order chi connectivity index (χ1) is 12.2. The SMILES string of the molecule is COC(=O)c1ccc(C(=O)OC)c(NS(=O)(=O)c2ccc(C)c(C)c2)c1. The number of esters is 2. The van der Waals surface area contributed by atoms with Crippen LogP contribution < -0.4 is 4.72 Å². The quantitative estimate of drug-likeness (QED) is 0.805. The van der Waals surface area contributed by atoms with Crippen LogP contribution in [0.2, 0.25) is 0 Å². The molecule has 0 fully saturated rings. The fourth-order valence-corrected chi connectivity index (χ4v) is 3.40. The summed E-state index contributed by atoms with van der Waals surface area (Å²) in [6, 6.07) is 8.57. The van der Waals surface area contributed by atoms with Gasteiger partial charge in [-0.1, -0.05) is 6.07 Å². The van der Waals surface area contributed by atoms with E-state index in [1.54, 1.807) is 13.0 Å². The molecule has 0 aliphatic carbocycles. The summed E-state index contributed by atoms with van der Waals surface area (Å²) in [7, 11) is -1.59. The standard InChI is InChI=1S/C18H19NO6S/c1-11-5-7-14(9-12(11)2)26(22,23)19-16-10-13(17(20)24-3)6-8-15(16)18(21)25-4/h5-10,19H,1-4H3. The number of sulfonamides is 1. The molecule has 0 aliphatic rings. The summed E-state index contributed by atoms with van der Waals surface area (Å²) in [6.45, 7) is 3.67. The molecule has 1 N–H and O–H groups in total. The first-order valence-electron chi connectivity index (χ1n) is 7.60. The number of anilines is 1. The number of ether oxygens (including phenoxy) is 2. The van der Waals surface area contributed by atoms with Crippen LogP contribution in [0.25, 0.3) is 0 Å². The molecule has 0 bridgehead atoms. The molecule has 2 rings (SSSR count). The molecule has 0 amide bonds. The van der Waals surface area contributed by atoms with Gasteiger partial charge >= 0.3 is 11.9 Å². The summed E-state index contributed by atoms with van der Waals surface area (Å²) in [4.78, 5) is 23.7. The molecule has 2 aromatic rings. The second-order valence-electron chi connectivity index (χ2n) is 5.60. The predicted octanol–water partition coefficient (Wildman–Crippen LogP) is 2.68. The third kappa shape index (κ3) is 4.02. The second kappa shape index (κ2) is 7.57. The van der Waals surface area contributed by atoms with Crippen LogP contribution in [-0.2, 0) is 19.5 Å². The lowest BCUT2D eigenvalue weighted by Crippen LogP contribution is -2.17. The van der Waals surface area contributed by atoms with E-state index in [1.807, 2.05) is 6.92 Å². The number of aryl methyl sites for hydroxylation is 2. The molecule has 0 radical (unpaired) electrons. The lowest BCUT2D eigenvalue weighted by atomic mass is 10.1. The Balaban J connectivity index is 2.52. The van der Waals surface area contributed by atoms with Gasteiger partial charge in [-0.15, -0.1) is 0 Å². The van der Waals surface area contributed by atoms with E-state index in [4.69, 9.17) is 0 Å². The number of carbonyl (C=O) groups is 2. The summed E-state index contributed by atoms with van der Waals surface area (Å²) in [5, 5.41) is 0. The van der Waals surface area contributed by atoms with Crippen LogP contribution in [0.1, 0.15) is 31.8 Å². The third-order valence-electron chi connectivity index (χ3n) is 3.88. The Morgan fingerprint density at radius 1 is 0.885 bits per heavy atom. The van der Waals surface area contributed by atoms with Gasteiger partial charge in [0.15, 0.2) is 0 Å². The fraction of sp³-hybridized carbons (Fsp3) is 0.222. The molecule has 0 unspecified atom stereocenters. The first kappa shape index (κ1) is 19.5. The molecule has 8 heteroatoms. The van der Waals surface area contributed by atoms with Crippen LogP contribution in [0.15, 0.2) is 41.3 Å². The van der Waals surface area contributed by atoms with E-state index in [0.717, 1.165) is 11.1 Å². The highest BCUT2D eigenvalue weighted by Crippen LogP contribution is 2.24. The van der Waals surface area contributed by atoms with Crippen LogP contribution in [0.4, 0.5) is 5.69 Å². The molecule has 0 saturated carbocycles. The van der Waals surface area contributed by atoms with Gasteiger partial charge < -0.3 is 9.47 Å². The summed E-state index contributed by atoms with van der Waals surface area (Å²) in [5.74, 6) is -1.40. The first-order valence-corrected chi connectivity index (χ1v) is 9.08. The van der Waals surface area contributed by atoms with E-state index in [2.05, 4.69) is 14.2 Å². The lowest BCUT2D eigenvalue weighted by Gasteiger charge is -2.13. The normalized spacial score (nSPS) is 10.9. The van der Waals surface area contributed by atoms with E-state index in [1.165, 1.54) is 44.6 Å². The van der Waals surface area contributed by atoms with Crippen molar-refractivity contribution in [3.63, 3.8) is 0 Å². The Hall–Kier alpha value is -2.87. The van der Waals surface area contributed by atoms with Crippen LogP contribution >= 0.6 is 0 Å². The maximum absolute atomic E-state index is 12.7. The zero-order valence-corrected chi connectivity index (χ0v) is 15.6. The highest BCUT2D eigenvalue weighted by Gasteiger charge is 2.21. The van der Waals surface area contributed by atoms with E-state index in [-0.39, 0.29) is 21.7 Å². The van der Waals surface area contributed by atoms with Gasteiger partial charge in [-0.3, -0.25) is 4.72 Å². The van der Waals surface area contributed by atoms with E-state index in [0.29, 0.717) is 0 Å². The molecule has 0 atom stereocenters. The van der Waals surface area contributed by atoms with Crippen molar-refractivity contribution in [3.8, 4) is 0 Å². The number of benzene rings is 2. The van der Waals surface area contributed by atoms with Gasteiger partial charge in [0.25, 0.3) is 10.0 Å². The number of rotatable bonds is 5. The highest BCUT2D eigenvalue weighted by atomic mass is 32.2. The van der Waals surface area contributed by atoms with Crippen LogP contribution in [0.5, 0.6) is 0 Å². The zero-order chi connectivity index (χ0) is 19.5. The second-order valence-corrected chi connectivity index (χ2v) is 7.28. The molecule has 0 heterocycles. The number of hydrogen-bond acceptors (Lipinski definition) is 6. The van der Waals surface area contributed by atoms with E-state index < -0.39 is 22.0 Å². The van der Waals surface area contributed by atoms with E-state index >= 15 is 0 Å². The molecule has 0 aromatic heterocycles. The molecule has 26 heavy (non-hydrogen) atoms. The molecule has 2 aromatic carbocycles. The average molecular weight is 377 g/mol. The molecular weight excluding hydrogens is 358 g/mol. The van der Waals surface area contributed by atoms with Crippen LogP contribution in [0.3, 0.4) is 0 Å². The molecule has 0 spiro atoms. The summed E-state index contributed by atoms with van der Waals surface area (Å²) >= 11 is 0. The minimum Gasteiger partial charge on any atom is -0.465 e. The molecular formula is C18H19NO6S. The third-order valence-corrected chi connectivity index (χ3v) is 5.24. The van der Waals surface area contributed by atoms with Crippen molar-refractivity contribution in [3.05, 3.63) is 58.7 Å². The van der Waals surface area contributed by atoms with Gasteiger partial charge in [-0.2, -0.15) is 0 Å². The van der Waals surface area contributed by atoms with Crippen molar-refractivity contribution in [2.75, 3.05) is 18.9 Å². The van der Waals surface area contributed by atoms with Crippen LogP contribution in [0, 0.1) is 13.8 Å². The van der Waals surface area contributed by atoms with Gasteiger partial charge in [0, 0.05) is 0 Å². The molecule has 0 saturated heterocycles. The van der Waals surface area contributed by atoms with Crippen LogP contribution in [-0.4, -0.2) is 34.6 Å². The Morgan fingerprint density at radius 3 is 2.12 bits per heavy atom. The smallest absolute Gasteiger partial charge is 0.339 e. The summed E-state index contributed by atoms with van der Waals surface area (Å²) in [6.07, 6.45) is 0. The molecule has 0 aliphatic heterocycles. The van der Waals surface area contributed by atoms with Crippen molar-refractivity contribution in [2.45, 2.75) is 18.7 Å². The van der Waals surface area contributed by atoms with E-state index in [9.17, 15) is 18.0 Å². The number of nitrogens with one attached hydrogen (secondary N) is 1. The van der Waals surface area contributed by atoms with Gasteiger partial charge in [0.2, 0.25) is 0 Å². The molecule has 7 nitrogen and oxygen atoms in total. The number of carbonyl (C=O) groups excluding carboxylic acids is 2. The maximum Gasteiger partial charge on any atom is 0.339 e. The van der Waals surface area contributed by atoms with Crippen molar-refractivity contribution < 1.29 is 27.5 Å². The predicted molar refractivity (Wildman–Crippen MR) is 95.8 cm³/mol. The van der Waals surface area contributed by atoms with Gasteiger partial charge in [0.05, 0.1) is 35.9 Å². The number of methoxy groups -OCH3 is 2. The zero-order valence-electron chi connectivity index (χ0n) is 14.8. The Labute approximate surface area is 152 Å². The molecule has 138 valence electrons. The highest BCUT2D eigenvalue weighted by molar-refractivity contribution is 7.92. The van der Waals surface area contributed by atoms with Gasteiger partial charge in [-0.05, 0) is 55.3 Å². The number of hydrogen-bond donors (Lipinski definition) is 1. The lowest BCUT2D eigenvalue weighted by molar-refractivity contribution is 0.0587. The fourth-order valence-electron chi connectivity index (χ4n) is 2.25. The topological polar surface area (TPSA) is 98.8 Å². The van der Waals surface area contributed by atoms with Gasteiger partial charge in [0.1, 0.15) is 0 Å². The Bertz CT molecular complexity index is 966. The minimum atomic E-state index is -3.98. The van der Waals surface area contributed by atoms with Crippen molar-refractivity contribution in [1.82, 2.24) is 0 Å². The summed E-state index contributed by atoms with van der Waals surface area (Å²) in [5.41, 5.74) is 1.76. The minimum absolute atomic E-state index is 0.0208. The Kier molecular flexibility index (Phi) is 5.66. The van der Waals surface area contributed by atoms with Crippen molar-refractivity contribution >= 4 is 27.6 Å². The average Bonchev–Trinajstić information content (AvgIpc) is 2.62. The Morgan fingerprint density at radius 2 is 1.54 bits per heavy atom. The summed E-state index contributed by atoms with van der Waals surface area (Å²) < 4.78 is 37.0. The largest absolute Gasteiger partial charge is 0.465 e. The van der Waals surface area contributed by atoms with Crippen molar-refractivity contribution in [1.29, 1.82) is 0 Å². The van der Waals surface area contributed by atoms with Gasteiger partial charge in [-0.25, -0.2) is 18.0 Å².